The fourth-order valence-electron chi connectivity index (χ4n) is 0. The maximum Gasteiger partial charge on any atom is 0.0777 e. The molecule has 0 aliphatic rings. The summed E-state index contributed by atoms with van der Waals surface area (Å²) < 4.78 is 98.2. The van der Waals surface area contributed by atoms with Crippen molar-refractivity contribution in [3.63, 3.8) is 0 Å². The molecule has 0 amide bonds. The van der Waals surface area contributed by atoms with Crippen molar-refractivity contribution in [1.29, 1.82) is 5.26 Å². The molecule has 0 aromatic carbocycles. The molecule has 0 atom stereocenters. The quantitative estimate of drug-likeness (QED) is 0.119. The van der Waals surface area contributed by atoms with Gasteiger partial charge in [0.05, 0.1) is 44.7 Å². The molecular formula is C5H19Cl4CoN5O12S. The number of nitriles is 1. The molecule has 0 spiro atoms. The second-order valence-corrected chi connectivity index (χ2v) is 4.99. The van der Waals surface area contributed by atoms with Crippen molar-refractivity contribution >= 4 is 22.8 Å². The predicted octanol–water partition coefficient (Wildman–Crippen LogP) is -13.9. The van der Waals surface area contributed by atoms with E-state index in [2.05, 4.69) is 37.6 Å². The topological polar surface area (TPSA) is 396 Å². The smallest absolute Gasteiger partial charge is 0.0777 e. The summed E-state index contributed by atoms with van der Waals surface area (Å²) >= 11 is 6.73. The maximum atomic E-state index is 8.60. The van der Waals surface area contributed by atoms with Crippen LogP contribution in [0.25, 0.3) is 0 Å². The predicted molar refractivity (Wildman–Crippen MR) is 61.7 cm³/mol. The molecule has 0 unspecified atom stereocenters. The minimum atomic E-state index is -4.69. The minimum Gasteiger partial charge on any atom is -0.183 e. The second-order valence-electron chi connectivity index (χ2n) is 2.43. The van der Waals surface area contributed by atoms with Gasteiger partial charge in [0.1, 0.15) is 0 Å². The Morgan fingerprint density at radius 1 is 0.679 bits per heavy atom. The molecule has 0 saturated carbocycles. The van der Waals surface area contributed by atoms with E-state index < -0.39 is 30.7 Å². The van der Waals surface area contributed by atoms with Crippen molar-refractivity contribution in [2.45, 2.75) is 0 Å². The standard InChI is InChI=1S/2C2H8N2.CHNS.3ClHO4.ClH.Co/c2*3-1-2-4;2-1-3;3*2-1(3,4)5;;/h2*1-4H2;3H;3*(H,2,3,4,5);1H;/q;;;;;;;+2/p-2. The van der Waals surface area contributed by atoms with Gasteiger partial charge in [-0.25, -0.2) is 5.26 Å². The molecule has 23 heteroatoms. The van der Waals surface area contributed by atoms with Crippen molar-refractivity contribution in [2.24, 2.45) is 22.9 Å². The monoisotopic (exact) mass is 572 g/mol. The summed E-state index contributed by atoms with van der Waals surface area (Å²) in [5.74, 6) is 0. The zero-order valence-corrected chi connectivity index (χ0v) is 18.2. The molecule has 0 fully saturated rings. The summed E-state index contributed by atoms with van der Waals surface area (Å²) in [7, 11) is -9.76. The third-order valence-electron chi connectivity index (χ3n) is 0.333. The fraction of sp³-hybridized carbons (Fsp3) is 0.800. The number of nitrogens with zero attached hydrogens (tertiary/aromatic N) is 1. The third kappa shape index (κ3) is 2360. The molecule has 17 nitrogen and oxygen atoms in total. The van der Waals surface area contributed by atoms with Crippen LogP contribution in [0, 0.1) is 41.4 Å². The Morgan fingerprint density at radius 3 is 0.714 bits per heavy atom. The van der Waals surface area contributed by atoms with E-state index in [4.69, 9.17) is 84.1 Å². The van der Waals surface area contributed by atoms with Crippen LogP contribution in [0.3, 0.4) is 0 Å². The molecular weight excluding hydrogens is 555 g/mol. The van der Waals surface area contributed by atoms with Crippen LogP contribution >= 0.6 is 10.1 Å². The van der Waals surface area contributed by atoms with Crippen LogP contribution in [0.5, 0.6) is 0 Å². The summed E-state index contributed by atoms with van der Waals surface area (Å²) in [6.07, 6.45) is 0. The van der Waals surface area contributed by atoms with Crippen LogP contribution in [0.2, 0.25) is 0 Å². The largest absolute Gasteiger partial charge is 0.183 e. The van der Waals surface area contributed by atoms with Gasteiger partial charge in [0.15, 0.2) is 0 Å². The molecule has 11 N–H and O–H groups in total. The van der Waals surface area contributed by atoms with E-state index in [0.29, 0.717) is 26.2 Å². The first-order chi connectivity index (χ1) is 12.2. The number of hydrogen-bond donors (Lipinski definition) is 7. The summed E-state index contributed by atoms with van der Waals surface area (Å²) in [6.45, 7) is 2.39. The van der Waals surface area contributed by atoms with E-state index in [9.17, 15) is 0 Å². The van der Waals surface area contributed by atoms with Gasteiger partial charge >= 0.3 is 25.0 Å². The van der Waals surface area contributed by atoms with Crippen molar-refractivity contribution in [2.75, 3.05) is 26.2 Å². The Morgan fingerprint density at radius 2 is 0.714 bits per heavy atom. The maximum absolute atomic E-state index is 8.60. The summed E-state index contributed by atoms with van der Waals surface area (Å²) in [4.78, 5) is 0. The molecule has 0 heterocycles. The molecule has 0 rings (SSSR count). The summed E-state index contributed by atoms with van der Waals surface area (Å²) in [5.41, 5.74) is 19.6. The molecule has 28 heavy (non-hydrogen) atoms. The van der Waals surface area contributed by atoms with Gasteiger partial charge in [0.2, 0.25) is 0 Å². The van der Waals surface area contributed by atoms with E-state index in [0.717, 1.165) is 0 Å². The van der Waals surface area contributed by atoms with Gasteiger partial charge < -0.3 is 35.6 Å². The Labute approximate surface area is 183 Å². The number of hydrogen-bond acceptors (Lipinski definition) is 18. The molecule has 0 aromatic heterocycles. The fourth-order valence-corrected chi connectivity index (χ4v) is 0. The minimum absolute atomic E-state index is 0.597. The van der Waals surface area contributed by atoms with E-state index >= 15 is 0 Å². The zero-order valence-electron chi connectivity index (χ0n) is 13.4. The van der Waals surface area contributed by atoms with Crippen LogP contribution < -0.4 is 64.9 Å². The molecule has 0 aliphatic carbocycles. The van der Waals surface area contributed by atoms with Gasteiger partial charge in [0, 0.05) is 26.2 Å². The van der Waals surface area contributed by atoms with Crippen molar-refractivity contribution in [3.8, 4) is 5.40 Å². The first-order valence-corrected chi connectivity index (χ1v) is 10.7. The average Bonchev–Trinajstić information content (AvgIpc) is 2.45. The number of nitrogens with two attached hydrogens (primary N) is 4. The molecule has 0 saturated heterocycles. The van der Waals surface area contributed by atoms with Gasteiger partial charge in [-0.2, -0.15) is 41.9 Å². The van der Waals surface area contributed by atoms with Crippen LogP contribution in [0.4, 0.5) is 0 Å². The second kappa shape index (κ2) is 35.2. The van der Waals surface area contributed by atoms with E-state index in [1.165, 1.54) is 5.40 Å². The van der Waals surface area contributed by atoms with Gasteiger partial charge in [-0.3, -0.25) is 0 Å². The first-order valence-electron chi connectivity index (χ1n) is 5.08. The van der Waals surface area contributed by atoms with Crippen LogP contribution in [-0.2, 0) is 27.5 Å². The van der Waals surface area contributed by atoms with Crippen molar-refractivity contribution < 1.29 is 101 Å². The van der Waals surface area contributed by atoms with E-state index in [1.807, 2.05) is 0 Å². The SMILES string of the molecule is N#C[S-].NCCN.NCCN.[Cl][Co+].[O-][Cl+3]([O-])([O-])O.[O-][Cl+3]([O-])([O-])O.[O-][Cl+3]([O-])([O-])O. The first kappa shape index (κ1) is 46.8. The zero-order chi connectivity index (χ0) is 25.0. The Balaban J connectivity index is -0.0000000374. The third-order valence-corrected chi connectivity index (χ3v) is 0.333. The number of thiocyanates is 1. The van der Waals surface area contributed by atoms with Gasteiger partial charge in [0.25, 0.3) is 0 Å². The van der Waals surface area contributed by atoms with Crippen LogP contribution in [0.15, 0.2) is 0 Å². The van der Waals surface area contributed by atoms with E-state index in [-0.39, 0.29) is 0 Å². The molecule has 179 valence electrons. The number of rotatable bonds is 2. The van der Waals surface area contributed by atoms with Gasteiger partial charge in [-0.05, 0) is 0 Å². The molecule has 0 aromatic rings. The molecule has 0 radical (unpaired) electrons. The number of halogens is 4. The van der Waals surface area contributed by atoms with Crippen LogP contribution in [-0.4, -0.2) is 40.2 Å². The van der Waals surface area contributed by atoms with Crippen molar-refractivity contribution in [1.82, 2.24) is 0 Å². The normalized spacial score (nSPS) is 9.04. The summed E-state index contributed by atoms with van der Waals surface area (Å²) in [5, 5.41) is 8.47. The van der Waals surface area contributed by atoms with E-state index in [1.54, 1.807) is 0 Å². The molecule has 0 bridgehead atoms. The van der Waals surface area contributed by atoms with Crippen LogP contribution in [0.1, 0.15) is 0 Å². The van der Waals surface area contributed by atoms with Gasteiger partial charge in [-0.15, -0.1) is 0 Å². The Kier molecular flexibility index (Phi) is 58.8. The Hall–Kier alpha value is 0.736. The van der Waals surface area contributed by atoms with Crippen molar-refractivity contribution in [3.05, 3.63) is 0 Å². The Bertz CT molecular complexity index is 237. The molecule has 0 aliphatic heterocycles. The summed E-state index contributed by atoms with van der Waals surface area (Å²) in [6, 6.07) is 0. The average molecular weight is 574 g/mol. The van der Waals surface area contributed by atoms with Gasteiger partial charge in [-0.1, -0.05) is 5.40 Å².